The van der Waals surface area contributed by atoms with Crippen molar-refractivity contribution in [1.82, 2.24) is 5.32 Å². The fourth-order valence-electron chi connectivity index (χ4n) is 0.529. The molecule has 62 valence electrons. The molecule has 0 heterocycles. The van der Waals surface area contributed by atoms with Crippen molar-refractivity contribution in [2.75, 3.05) is 26.2 Å². The lowest BCUT2D eigenvalue weighted by Gasteiger charge is -2.06. The topological polar surface area (TPSA) is 67.5 Å². The van der Waals surface area contributed by atoms with E-state index >= 15 is 0 Å². The van der Waals surface area contributed by atoms with Crippen LogP contribution in [0.1, 0.15) is 6.92 Å². The van der Waals surface area contributed by atoms with Crippen LogP contribution in [-0.2, 0) is 4.74 Å². The lowest BCUT2D eigenvalue weighted by Crippen LogP contribution is -2.27. The van der Waals surface area contributed by atoms with Gasteiger partial charge in [0, 0.05) is 19.6 Å². The van der Waals surface area contributed by atoms with Gasteiger partial charge in [0.05, 0.1) is 6.61 Å². The Morgan fingerprint density at radius 2 is 2.30 bits per heavy atom. The van der Waals surface area contributed by atoms with Gasteiger partial charge in [0.25, 0.3) is 0 Å². The number of rotatable bonds is 6. The van der Waals surface area contributed by atoms with Gasteiger partial charge >= 0.3 is 0 Å². The van der Waals surface area contributed by atoms with Gasteiger partial charge < -0.3 is 20.9 Å². The monoisotopic (exact) mass is 148 g/mol. The predicted molar refractivity (Wildman–Crippen MR) is 39.6 cm³/mol. The number of aliphatic hydroxyl groups excluding tert-OH is 1. The van der Waals surface area contributed by atoms with E-state index in [-0.39, 0.29) is 0 Å². The Morgan fingerprint density at radius 3 is 2.80 bits per heavy atom. The summed E-state index contributed by atoms with van der Waals surface area (Å²) in [4.78, 5) is 0. The molecule has 0 aromatic heterocycles. The minimum atomic E-state index is -0.667. The van der Waals surface area contributed by atoms with Gasteiger partial charge in [-0.2, -0.15) is 0 Å². The van der Waals surface area contributed by atoms with E-state index in [9.17, 15) is 0 Å². The molecule has 0 aromatic rings. The van der Waals surface area contributed by atoms with Crippen molar-refractivity contribution in [3.8, 4) is 0 Å². The van der Waals surface area contributed by atoms with E-state index in [1.165, 1.54) is 0 Å². The second kappa shape index (κ2) is 6.95. The third-order valence-electron chi connectivity index (χ3n) is 0.959. The van der Waals surface area contributed by atoms with Crippen molar-refractivity contribution in [1.29, 1.82) is 0 Å². The average molecular weight is 148 g/mol. The molecule has 10 heavy (non-hydrogen) atoms. The van der Waals surface area contributed by atoms with Crippen LogP contribution in [0.15, 0.2) is 0 Å². The molecule has 0 aliphatic carbocycles. The second-order valence-electron chi connectivity index (χ2n) is 2.01. The van der Waals surface area contributed by atoms with E-state index in [2.05, 4.69) is 5.32 Å². The van der Waals surface area contributed by atoms with Gasteiger partial charge in [0.1, 0.15) is 0 Å². The maximum absolute atomic E-state index is 8.63. The molecule has 0 rings (SSSR count). The molecule has 1 atom stereocenters. The van der Waals surface area contributed by atoms with Gasteiger partial charge in [-0.1, -0.05) is 0 Å². The summed E-state index contributed by atoms with van der Waals surface area (Å²) in [6.45, 7) is 4.28. The Kier molecular flexibility index (Phi) is 6.84. The molecule has 4 nitrogen and oxygen atoms in total. The van der Waals surface area contributed by atoms with E-state index < -0.39 is 6.29 Å². The predicted octanol–water partition coefficient (Wildman–Crippen LogP) is -1.11. The summed E-state index contributed by atoms with van der Waals surface area (Å²) in [6.07, 6.45) is -0.667. The normalized spacial score (nSPS) is 13.5. The summed E-state index contributed by atoms with van der Waals surface area (Å²) in [6, 6.07) is 0. The molecule has 0 bridgehead atoms. The maximum atomic E-state index is 8.63. The highest BCUT2D eigenvalue weighted by molar-refractivity contribution is 4.45. The lowest BCUT2D eigenvalue weighted by atomic mass is 10.6. The molecule has 1 unspecified atom stereocenters. The second-order valence-corrected chi connectivity index (χ2v) is 2.01. The SMILES string of the molecule is CC(O)OCCNCCN. The summed E-state index contributed by atoms with van der Waals surface area (Å²) >= 11 is 0. The van der Waals surface area contributed by atoms with Gasteiger partial charge in [-0.05, 0) is 6.92 Å². The molecule has 0 saturated carbocycles. The summed E-state index contributed by atoms with van der Waals surface area (Å²) in [7, 11) is 0. The Balaban J connectivity index is 2.77. The quantitative estimate of drug-likeness (QED) is 0.330. The van der Waals surface area contributed by atoms with Gasteiger partial charge in [-0.25, -0.2) is 0 Å². The zero-order valence-electron chi connectivity index (χ0n) is 6.34. The third kappa shape index (κ3) is 7.84. The van der Waals surface area contributed by atoms with Gasteiger partial charge in [0.2, 0.25) is 0 Å². The molecular formula is C6H16N2O2. The van der Waals surface area contributed by atoms with Crippen LogP contribution >= 0.6 is 0 Å². The smallest absolute Gasteiger partial charge is 0.151 e. The van der Waals surface area contributed by atoms with E-state index in [0.29, 0.717) is 13.2 Å². The van der Waals surface area contributed by atoms with Crippen LogP contribution in [0.5, 0.6) is 0 Å². The Morgan fingerprint density at radius 1 is 1.60 bits per heavy atom. The third-order valence-corrected chi connectivity index (χ3v) is 0.959. The first kappa shape index (κ1) is 9.84. The molecule has 4 heteroatoms. The zero-order valence-corrected chi connectivity index (χ0v) is 6.34. The molecule has 0 aromatic carbocycles. The van der Waals surface area contributed by atoms with E-state index in [1.54, 1.807) is 6.92 Å². The highest BCUT2D eigenvalue weighted by Crippen LogP contribution is 1.80. The highest BCUT2D eigenvalue weighted by Gasteiger charge is 1.91. The minimum Gasteiger partial charge on any atom is -0.368 e. The van der Waals surface area contributed by atoms with Gasteiger partial charge in [-0.15, -0.1) is 0 Å². The molecule has 0 fully saturated rings. The number of aliphatic hydroxyl groups is 1. The number of hydrogen-bond donors (Lipinski definition) is 3. The Labute approximate surface area is 61.4 Å². The van der Waals surface area contributed by atoms with Gasteiger partial charge in [0.15, 0.2) is 6.29 Å². The van der Waals surface area contributed by atoms with Crippen LogP contribution in [0.2, 0.25) is 0 Å². The van der Waals surface area contributed by atoms with Crippen LogP contribution in [0, 0.1) is 0 Å². The first-order valence-electron chi connectivity index (χ1n) is 3.48. The van der Waals surface area contributed by atoms with E-state index in [0.717, 1.165) is 13.1 Å². The standard InChI is InChI=1S/C6H16N2O2/c1-6(9)10-5-4-8-3-2-7/h6,8-9H,2-5,7H2,1H3. The Hall–Kier alpha value is -0.160. The summed E-state index contributed by atoms with van der Waals surface area (Å²) in [5.74, 6) is 0. The van der Waals surface area contributed by atoms with Crippen LogP contribution in [-0.4, -0.2) is 37.6 Å². The zero-order chi connectivity index (χ0) is 7.82. The number of nitrogens with one attached hydrogen (secondary N) is 1. The molecule has 0 aliphatic rings. The number of hydrogen-bond acceptors (Lipinski definition) is 4. The van der Waals surface area contributed by atoms with Gasteiger partial charge in [-0.3, -0.25) is 0 Å². The summed E-state index contributed by atoms with van der Waals surface area (Å²) in [5, 5.41) is 11.7. The fraction of sp³-hybridized carbons (Fsp3) is 1.00. The molecular weight excluding hydrogens is 132 g/mol. The Bertz CT molecular complexity index is 68.8. The number of ether oxygens (including phenoxy) is 1. The highest BCUT2D eigenvalue weighted by atomic mass is 16.6. The van der Waals surface area contributed by atoms with Crippen LogP contribution in [0.4, 0.5) is 0 Å². The number of nitrogens with two attached hydrogens (primary N) is 1. The van der Waals surface area contributed by atoms with Crippen molar-refractivity contribution in [2.45, 2.75) is 13.2 Å². The first-order chi connectivity index (χ1) is 4.77. The summed E-state index contributed by atoms with van der Waals surface area (Å²) in [5.41, 5.74) is 5.22. The molecule has 4 N–H and O–H groups in total. The molecule has 0 spiro atoms. The van der Waals surface area contributed by atoms with Crippen LogP contribution < -0.4 is 11.1 Å². The van der Waals surface area contributed by atoms with E-state index in [4.69, 9.17) is 15.6 Å². The maximum Gasteiger partial charge on any atom is 0.151 e. The van der Waals surface area contributed by atoms with Crippen molar-refractivity contribution in [3.63, 3.8) is 0 Å². The molecule has 0 radical (unpaired) electrons. The largest absolute Gasteiger partial charge is 0.368 e. The van der Waals surface area contributed by atoms with Crippen molar-refractivity contribution >= 4 is 0 Å². The van der Waals surface area contributed by atoms with Crippen LogP contribution in [0.25, 0.3) is 0 Å². The van der Waals surface area contributed by atoms with Crippen molar-refractivity contribution in [2.24, 2.45) is 5.73 Å². The minimum absolute atomic E-state index is 0.525. The molecule has 0 saturated heterocycles. The lowest BCUT2D eigenvalue weighted by molar-refractivity contribution is -0.0833. The molecule has 0 aliphatic heterocycles. The average Bonchev–Trinajstić information content (AvgIpc) is 1.87. The van der Waals surface area contributed by atoms with Crippen molar-refractivity contribution in [3.05, 3.63) is 0 Å². The van der Waals surface area contributed by atoms with Crippen molar-refractivity contribution < 1.29 is 9.84 Å². The van der Waals surface area contributed by atoms with Crippen LogP contribution in [0.3, 0.4) is 0 Å². The first-order valence-corrected chi connectivity index (χ1v) is 3.48. The summed E-state index contributed by atoms with van der Waals surface area (Å²) < 4.78 is 4.84. The molecule has 0 amide bonds. The van der Waals surface area contributed by atoms with E-state index in [1.807, 2.05) is 0 Å². The fourth-order valence-corrected chi connectivity index (χ4v) is 0.529.